The molecule has 520 valence electrons. The molecular formula is C71H76F4N12O9S3. The largest absolute Gasteiger partial charge is 0.496 e. The average molecular weight is 1410 g/mol. The molecule has 0 saturated carbocycles. The quantitative estimate of drug-likeness (QED) is 0.0848. The molecular weight excluding hydrogens is 1340 g/mol. The third-order valence-corrected chi connectivity index (χ3v) is 22.1. The predicted molar refractivity (Wildman–Crippen MR) is 380 cm³/mol. The maximum Gasteiger partial charge on any atom is 0.219 e. The highest BCUT2D eigenvalue weighted by Gasteiger charge is 2.26. The van der Waals surface area contributed by atoms with Gasteiger partial charge in [0, 0.05) is 218 Å². The summed E-state index contributed by atoms with van der Waals surface area (Å²) in [6.07, 6.45) is 33.8. The molecule has 0 saturated heterocycles. The van der Waals surface area contributed by atoms with Crippen LogP contribution in [0, 0.1) is 23.3 Å². The Morgan fingerprint density at radius 1 is 0.424 bits per heavy atom. The molecule has 99 heavy (non-hydrogen) atoms. The third-order valence-electron chi connectivity index (χ3n) is 18.3. The third kappa shape index (κ3) is 16.3. The fourth-order valence-corrected chi connectivity index (χ4v) is 15.1. The van der Waals surface area contributed by atoms with Gasteiger partial charge in [0.15, 0.2) is 23.3 Å². The van der Waals surface area contributed by atoms with Crippen LogP contribution in [0.15, 0.2) is 141 Å². The van der Waals surface area contributed by atoms with E-state index < -0.39 is 53.3 Å². The lowest BCUT2D eigenvalue weighted by molar-refractivity contribution is -0.129. The van der Waals surface area contributed by atoms with E-state index in [9.17, 15) is 52.4 Å². The van der Waals surface area contributed by atoms with E-state index in [0.717, 1.165) is 104 Å². The van der Waals surface area contributed by atoms with Crippen molar-refractivity contribution < 1.29 is 57.1 Å². The molecule has 0 aliphatic carbocycles. The summed E-state index contributed by atoms with van der Waals surface area (Å²) in [5.41, 5.74) is 15.0. The minimum Gasteiger partial charge on any atom is -0.496 e. The number of methoxy groups -OCH3 is 1. The number of carbonyl (C=O) groups excluding carboxylic acids is 2. The summed E-state index contributed by atoms with van der Waals surface area (Å²) in [6, 6.07) is 14.6. The number of H-pyrrole nitrogens is 5. The van der Waals surface area contributed by atoms with Gasteiger partial charge in [0.1, 0.15) is 5.75 Å². The van der Waals surface area contributed by atoms with Crippen LogP contribution >= 0.6 is 0 Å². The highest BCUT2D eigenvalue weighted by Crippen LogP contribution is 2.37. The van der Waals surface area contributed by atoms with Crippen molar-refractivity contribution in [2.45, 2.75) is 46.0 Å². The normalized spacial score (nSPS) is 16.6. The first-order valence-electron chi connectivity index (χ1n) is 32.0. The number of aromatic amines is 5. The van der Waals surface area contributed by atoms with Crippen LogP contribution in [0.3, 0.4) is 0 Å². The average Bonchev–Trinajstić information content (AvgIpc) is 1.69. The van der Waals surface area contributed by atoms with Gasteiger partial charge in [-0.15, -0.1) is 0 Å². The van der Waals surface area contributed by atoms with Crippen LogP contribution in [0.25, 0.3) is 82.4 Å². The number of halogens is 4. The Morgan fingerprint density at radius 3 is 1.22 bits per heavy atom. The van der Waals surface area contributed by atoms with Crippen molar-refractivity contribution in [2.75, 3.05) is 91.3 Å². The number of sulfonamides is 3. The molecule has 7 aromatic heterocycles. The van der Waals surface area contributed by atoms with E-state index in [0.29, 0.717) is 93.6 Å². The number of hydrogen-bond acceptors (Lipinski definition) is 11. The first-order chi connectivity index (χ1) is 47.2. The van der Waals surface area contributed by atoms with Gasteiger partial charge in [0.2, 0.25) is 41.9 Å². The van der Waals surface area contributed by atoms with Gasteiger partial charge in [-0.3, -0.25) is 19.6 Å². The van der Waals surface area contributed by atoms with Gasteiger partial charge in [-0.1, -0.05) is 36.4 Å². The number of rotatable bonds is 9. The van der Waals surface area contributed by atoms with Crippen LogP contribution < -0.4 is 4.74 Å². The number of nitrogens with one attached hydrogen (secondary N) is 5. The van der Waals surface area contributed by atoms with E-state index in [1.54, 1.807) is 56.8 Å². The molecule has 2 amide bonds. The summed E-state index contributed by atoms with van der Waals surface area (Å²) < 4.78 is 132. The number of hydrogen-bond donors (Lipinski definition) is 5. The zero-order valence-electron chi connectivity index (χ0n) is 55.4. The van der Waals surface area contributed by atoms with Crippen LogP contribution in [0.4, 0.5) is 17.6 Å². The van der Waals surface area contributed by atoms with E-state index >= 15 is 0 Å². The van der Waals surface area contributed by atoms with Crippen molar-refractivity contribution in [3.63, 3.8) is 0 Å². The van der Waals surface area contributed by atoms with Gasteiger partial charge < -0.3 is 39.5 Å². The molecule has 0 unspecified atom stereocenters. The zero-order chi connectivity index (χ0) is 70.5. The van der Waals surface area contributed by atoms with E-state index in [4.69, 9.17) is 4.74 Å². The summed E-state index contributed by atoms with van der Waals surface area (Å²) in [5.74, 6) is -2.42. The molecule has 0 radical (unpaired) electrons. The zero-order valence-corrected chi connectivity index (χ0v) is 57.9. The maximum atomic E-state index is 13.4. The van der Waals surface area contributed by atoms with Crippen molar-refractivity contribution in [1.29, 1.82) is 0 Å². The molecule has 21 nitrogen and oxygen atoms in total. The summed E-state index contributed by atoms with van der Waals surface area (Å²) in [4.78, 5) is 50.1. The van der Waals surface area contributed by atoms with Crippen molar-refractivity contribution >= 4 is 124 Å². The number of fused-ring (bicyclic) bond motifs is 5. The monoisotopic (exact) mass is 1410 g/mol. The van der Waals surface area contributed by atoms with E-state index in [2.05, 4.69) is 41.0 Å². The second-order valence-corrected chi connectivity index (χ2v) is 30.5. The lowest BCUT2D eigenvalue weighted by atomic mass is 9.98. The Hall–Kier alpha value is -9.45. The summed E-state index contributed by atoms with van der Waals surface area (Å²) in [6.45, 7) is 8.50. The molecule has 5 N–H and O–H groups in total. The molecule has 5 aliphatic rings. The first-order valence-corrected chi connectivity index (χ1v) is 37.5. The van der Waals surface area contributed by atoms with E-state index in [-0.39, 0.29) is 11.8 Å². The number of aromatic nitrogens is 7. The van der Waals surface area contributed by atoms with Gasteiger partial charge >= 0.3 is 0 Å². The lowest BCUT2D eigenvalue weighted by Gasteiger charge is -2.25. The number of pyridine rings is 2. The van der Waals surface area contributed by atoms with Gasteiger partial charge in [-0.05, 0) is 96.4 Å². The predicted octanol–water partition coefficient (Wildman–Crippen LogP) is 11.6. The van der Waals surface area contributed by atoms with Crippen molar-refractivity contribution in [3.05, 3.63) is 192 Å². The molecule has 3 aromatic carbocycles. The Labute approximate surface area is 570 Å². The van der Waals surface area contributed by atoms with Crippen LogP contribution in [-0.4, -0.2) is 186 Å². The molecule has 12 heterocycles. The number of ether oxygens (including phenoxy) is 1. The molecule has 0 fully saturated rings. The van der Waals surface area contributed by atoms with Crippen LogP contribution in [0.2, 0.25) is 0 Å². The highest BCUT2D eigenvalue weighted by molar-refractivity contribution is 7.88. The van der Waals surface area contributed by atoms with Gasteiger partial charge in [-0.2, -0.15) is 12.9 Å². The molecule has 28 heteroatoms. The molecule has 0 spiro atoms. The summed E-state index contributed by atoms with van der Waals surface area (Å²) in [5, 5.41) is 4.62. The number of amides is 2. The molecule has 5 aliphatic heterocycles. The highest BCUT2D eigenvalue weighted by atomic mass is 32.2. The van der Waals surface area contributed by atoms with Crippen molar-refractivity contribution in [3.8, 4) is 5.75 Å². The molecule has 15 rings (SSSR count). The number of benzene rings is 3. The minimum atomic E-state index is -3.20. The topological polar surface area (TPSA) is 267 Å². The van der Waals surface area contributed by atoms with Gasteiger partial charge in [0.25, 0.3) is 0 Å². The molecule has 10 aromatic rings. The molecule has 0 atom stereocenters. The molecule has 0 bridgehead atoms. The van der Waals surface area contributed by atoms with Crippen LogP contribution in [0.5, 0.6) is 5.75 Å². The smallest absolute Gasteiger partial charge is 0.219 e. The maximum absolute atomic E-state index is 13.4. The lowest BCUT2D eigenvalue weighted by Crippen LogP contribution is -2.33. The number of nitrogens with zero attached hydrogens (tertiary/aromatic N) is 7. The fraction of sp³-hybridized carbons (Fsp3) is 0.296. The SMILES string of the molecule is CC(=O)N1CC=C(c2c[nH]c3cc(F)c(F)cc23)CC1.COc1cccc2[nH]cc(C3=CCN(C(C)=O)CC3)c12.CS(=O)(=O)N1CC=C(c2c[nH]c3cc(F)c(F)cc23)CC1.CS(=O)(=O)N1CC=C(c2c[nH]c3ccncc23)CC1.CS(=O)(=O)N1CC=C(c2c[nH]c3cnccc23)CC1. The van der Waals surface area contributed by atoms with Gasteiger partial charge in [0.05, 0.1) is 37.6 Å². The van der Waals surface area contributed by atoms with Gasteiger partial charge in [-0.25, -0.2) is 42.8 Å². The standard InChI is InChI=1S/C16H18N2O2.C15H14F2N2O.C14H14F2N2O2S.2C13H15N3O2S/c1-11(19)18-8-6-12(7-9-18)13-10-17-14-4-3-5-15(20-2)16(13)14;1-9(20)19-4-2-10(3-5-19)12-8-18-15-7-14(17)13(16)6-11(12)15;1-21(19,20)18-4-2-9(3-5-18)11-8-17-14-7-13(16)12(15)6-10(11)14;1-19(17,18)16-6-3-10(4-7-16)11-9-15-13-2-5-14-8-12(11)13;1-19(17,18)16-6-3-10(4-7-16)12-8-15-13-9-14-5-2-11(12)13/h3-6,10,17H,7-9H2,1-2H3;2,6-8,18H,3-5H2,1H3;2,6-8,17H,3-5H2,1H3;2*2-3,5,8-9,15H,4,6-7H2,1H3. The Kier molecular flexibility index (Phi) is 21.4. The summed E-state index contributed by atoms with van der Waals surface area (Å²) >= 11 is 0. The van der Waals surface area contributed by atoms with Crippen LogP contribution in [-0.2, 0) is 39.7 Å². The van der Waals surface area contributed by atoms with Crippen molar-refractivity contribution in [2.24, 2.45) is 0 Å². The Balaban J connectivity index is 0.000000125. The summed E-state index contributed by atoms with van der Waals surface area (Å²) in [7, 11) is -7.69. The van der Waals surface area contributed by atoms with Crippen molar-refractivity contribution in [1.82, 2.24) is 57.6 Å². The Bertz CT molecular complexity index is 5110. The first kappa shape index (κ1) is 70.9. The minimum absolute atomic E-state index is 0.0485. The van der Waals surface area contributed by atoms with E-state index in [1.807, 2.05) is 84.3 Å². The van der Waals surface area contributed by atoms with E-state index in [1.165, 1.54) is 72.2 Å². The Morgan fingerprint density at radius 2 is 0.798 bits per heavy atom. The second-order valence-electron chi connectivity index (χ2n) is 24.6. The second kappa shape index (κ2) is 29.9. The van der Waals surface area contributed by atoms with Crippen LogP contribution in [0.1, 0.15) is 73.8 Å². The fourth-order valence-electron chi connectivity index (χ4n) is 12.8. The number of carbonyl (C=O) groups is 2.